The Balaban J connectivity index is 2.16. The Morgan fingerprint density at radius 2 is 1.78 bits per heavy atom. The van der Waals surface area contributed by atoms with Crippen LogP contribution in [0.15, 0.2) is 54.9 Å². The molecule has 0 atom stereocenters. The molecule has 90 valence electrons. The van der Waals surface area contributed by atoms with Gasteiger partial charge in [0.1, 0.15) is 6.33 Å². The highest BCUT2D eigenvalue weighted by atomic mass is 15.0. The molecule has 1 aromatic heterocycles. The third-order valence-corrected chi connectivity index (χ3v) is 3.27. The SMILES string of the molecule is CC(C)c1ccc2c(c1)ncn2-c1ccccc1. The van der Waals surface area contributed by atoms with Crippen molar-refractivity contribution in [1.82, 2.24) is 9.55 Å². The van der Waals surface area contributed by atoms with E-state index in [1.54, 1.807) is 0 Å². The van der Waals surface area contributed by atoms with Gasteiger partial charge < -0.3 is 0 Å². The van der Waals surface area contributed by atoms with Crippen molar-refractivity contribution >= 4 is 11.0 Å². The minimum Gasteiger partial charge on any atom is -0.299 e. The molecule has 1 heterocycles. The van der Waals surface area contributed by atoms with Crippen molar-refractivity contribution in [2.45, 2.75) is 19.8 Å². The Hall–Kier alpha value is -2.09. The van der Waals surface area contributed by atoms with Crippen LogP contribution in [0.1, 0.15) is 25.3 Å². The summed E-state index contributed by atoms with van der Waals surface area (Å²) in [6.07, 6.45) is 1.89. The van der Waals surface area contributed by atoms with E-state index in [1.807, 2.05) is 24.5 Å². The van der Waals surface area contributed by atoms with Gasteiger partial charge in [0.25, 0.3) is 0 Å². The van der Waals surface area contributed by atoms with Crippen molar-refractivity contribution in [3.63, 3.8) is 0 Å². The molecule has 0 amide bonds. The van der Waals surface area contributed by atoms with Gasteiger partial charge >= 0.3 is 0 Å². The molecular weight excluding hydrogens is 220 g/mol. The zero-order chi connectivity index (χ0) is 12.5. The van der Waals surface area contributed by atoms with Crippen LogP contribution in [0.4, 0.5) is 0 Å². The van der Waals surface area contributed by atoms with E-state index in [0.717, 1.165) is 16.7 Å². The van der Waals surface area contributed by atoms with Crippen molar-refractivity contribution in [1.29, 1.82) is 0 Å². The number of hydrogen-bond acceptors (Lipinski definition) is 1. The molecule has 0 saturated heterocycles. The molecule has 0 aliphatic carbocycles. The Kier molecular flexibility index (Phi) is 2.63. The molecule has 0 unspecified atom stereocenters. The molecular formula is C16H16N2. The average molecular weight is 236 g/mol. The number of rotatable bonds is 2. The van der Waals surface area contributed by atoms with Crippen LogP contribution in [0, 0.1) is 0 Å². The van der Waals surface area contributed by atoms with Crippen LogP contribution in [0.3, 0.4) is 0 Å². The largest absolute Gasteiger partial charge is 0.299 e. The highest BCUT2D eigenvalue weighted by Crippen LogP contribution is 2.22. The highest BCUT2D eigenvalue weighted by Gasteiger charge is 2.06. The molecule has 18 heavy (non-hydrogen) atoms. The maximum absolute atomic E-state index is 4.50. The maximum atomic E-state index is 4.50. The van der Waals surface area contributed by atoms with Crippen LogP contribution in [0.25, 0.3) is 16.7 Å². The highest BCUT2D eigenvalue weighted by molar-refractivity contribution is 5.78. The molecule has 3 aromatic rings. The van der Waals surface area contributed by atoms with Gasteiger partial charge in [0.15, 0.2) is 0 Å². The van der Waals surface area contributed by atoms with Crippen LogP contribution in [-0.2, 0) is 0 Å². The lowest BCUT2D eigenvalue weighted by Gasteiger charge is -2.06. The van der Waals surface area contributed by atoms with Gasteiger partial charge in [0.05, 0.1) is 11.0 Å². The van der Waals surface area contributed by atoms with Crippen molar-refractivity contribution in [3.8, 4) is 5.69 Å². The van der Waals surface area contributed by atoms with Crippen molar-refractivity contribution < 1.29 is 0 Å². The summed E-state index contributed by atoms with van der Waals surface area (Å²) >= 11 is 0. The van der Waals surface area contributed by atoms with E-state index in [-0.39, 0.29) is 0 Å². The molecule has 0 aliphatic rings. The van der Waals surface area contributed by atoms with Crippen LogP contribution in [0.2, 0.25) is 0 Å². The van der Waals surface area contributed by atoms with E-state index < -0.39 is 0 Å². The van der Waals surface area contributed by atoms with Gasteiger partial charge in [-0.1, -0.05) is 38.1 Å². The number of aromatic nitrogens is 2. The predicted molar refractivity (Wildman–Crippen MR) is 75.2 cm³/mol. The molecule has 0 spiro atoms. The first-order chi connectivity index (χ1) is 8.75. The minimum atomic E-state index is 0.538. The summed E-state index contributed by atoms with van der Waals surface area (Å²) < 4.78 is 2.12. The first-order valence-electron chi connectivity index (χ1n) is 6.28. The van der Waals surface area contributed by atoms with Crippen LogP contribution < -0.4 is 0 Å². The number of hydrogen-bond donors (Lipinski definition) is 0. The van der Waals surface area contributed by atoms with Gasteiger partial charge in [0.2, 0.25) is 0 Å². The summed E-state index contributed by atoms with van der Waals surface area (Å²) in [5.74, 6) is 0.538. The molecule has 2 aromatic carbocycles. The molecule has 0 radical (unpaired) electrons. The third kappa shape index (κ3) is 1.80. The molecule has 0 bridgehead atoms. The second kappa shape index (κ2) is 4.30. The monoisotopic (exact) mass is 236 g/mol. The third-order valence-electron chi connectivity index (χ3n) is 3.27. The van der Waals surface area contributed by atoms with E-state index in [4.69, 9.17) is 0 Å². The lowest BCUT2D eigenvalue weighted by molar-refractivity contribution is 0.868. The number of fused-ring (bicyclic) bond motifs is 1. The van der Waals surface area contributed by atoms with Crippen molar-refractivity contribution in [3.05, 3.63) is 60.4 Å². The molecule has 0 saturated carbocycles. The number of nitrogens with zero attached hydrogens (tertiary/aromatic N) is 2. The molecule has 3 rings (SSSR count). The maximum Gasteiger partial charge on any atom is 0.100 e. The molecule has 0 N–H and O–H groups in total. The zero-order valence-electron chi connectivity index (χ0n) is 10.7. The van der Waals surface area contributed by atoms with Gasteiger partial charge in [-0.3, -0.25) is 4.57 Å². The van der Waals surface area contributed by atoms with Gasteiger partial charge in [-0.15, -0.1) is 0 Å². The summed E-state index contributed by atoms with van der Waals surface area (Å²) in [5.41, 5.74) is 4.70. The summed E-state index contributed by atoms with van der Waals surface area (Å²) in [5, 5.41) is 0. The lowest BCUT2D eigenvalue weighted by Crippen LogP contribution is -1.92. The van der Waals surface area contributed by atoms with E-state index in [1.165, 1.54) is 5.56 Å². The normalized spacial score (nSPS) is 11.3. The van der Waals surface area contributed by atoms with Gasteiger partial charge in [-0.25, -0.2) is 4.98 Å². The van der Waals surface area contributed by atoms with Crippen LogP contribution in [0.5, 0.6) is 0 Å². The summed E-state index contributed by atoms with van der Waals surface area (Å²) in [6.45, 7) is 4.41. The Morgan fingerprint density at radius 3 is 2.50 bits per heavy atom. The van der Waals surface area contributed by atoms with Crippen molar-refractivity contribution in [2.24, 2.45) is 0 Å². The van der Waals surface area contributed by atoms with E-state index >= 15 is 0 Å². The summed E-state index contributed by atoms with van der Waals surface area (Å²) in [7, 11) is 0. The number of benzene rings is 2. The second-order valence-corrected chi connectivity index (χ2v) is 4.85. The molecule has 2 heteroatoms. The van der Waals surface area contributed by atoms with Gasteiger partial charge in [-0.2, -0.15) is 0 Å². The second-order valence-electron chi connectivity index (χ2n) is 4.85. The fraction of sp³-hybridized carbons (Fsp3) is 0.188. The predicted octanol–water partition coefficient (Wildman–Crippen LogP) is 4.15. The number of para-hydroxylation sites is 1. The zero-order valence-corrected chi connectivity index (χ0v) is 10.7. The lowest BCUT2D eigenvalue weighted by atomic mass is 10.0. The van der Waals surface area contributed by atoms with Crippen LogP contribution >= 0.6 is 0 Å². The standard InChI is InChI=1S/C16H16N2/c1-12(2)13-8-9-16-15(10-13)17-11-18(16)14-6-4-3-5-7-14/h3-12H,1-2H3. The fourth-order valence-corrected chi connectivity index (χ4v) is 2.18. The van der Waals surface area contributed by atoms with E-state index in [2.05, 4.69) is 53.7 Å². The molecule has 0 aliphatic heterocycles. The number of imidazole rings is 1. The van der Waals surface area contributed by atoms with E-state index in [0.29, 0.717) is 5.92 Å². The smallest absolute Gasteiger partial charge is 0.100 e. The van der Waals surface area contributed by atoms with Gasteiger partial charge in [-0.05, 0) is 35.7 Å². The Bertz CT molecular complexity index is 666. The summed E-state index contributed by atoms with van der Waals surface area (Å²) in [6, 6.07) is 16.8. The van der Waals surface area contributed by atoms with E-state index in [9.17, 15) is 0 Å². The average Bonchev–Trinajstić information content (AvgIpc) is 2.82. The topological polar surface area (TPSA) is 17.8 Å². The quantitative estimate of drug-likeness (QED) is 0.653. The first-order valence-corrected chi connectivity index (χ1v) is 6.28. The Labute approximate surface area is 107 Å². The summed E-state index contributed by atoms with van der Waals surface area (Å²) in [4.78, 5) is 4.50. The molecule has 0 fully saturated rings. The van der Waals surface area contributed by atoms with Crippen LogP contribution in [-0.4, -0.2) is 9.55 Å². The van der Waals surface area contributed by atoms with Crippen molar-refractivity contribution in [2.75, 3.05) is 0 Å². The van der Waals surface area contributed by atoms with Gasteiger partial charge in [0, 0.05) is 5.69 Å². The first kappa shape index (κ1) is 11.0. The minimum absolute atomic E-state index is 0.538. The Morgan fingerprint density at radius 1 is 1.00 bits per heavy atom. The molecule has 2 nitrogen and oxygen atoms in total. The fourth-order valence-electron chi connectivity index (χ4n) is 2.18.